The second-order valence-corrected chi connectivity index (χ2v) is 4.24. The Kier molecular flexibility index (Phi) is 3.01. The van der Waals surface area contributed by atoms with E-state index in [0.29, 0.717) is 6.07 Å². The van der Waals surface area contributed by atoms with Crippen molar-refractivity contribution in [1.82, 2.24) is 24.7 Å². The topological polar surface area (TPSA) is 93.5 Å². The molecule has 10 heteroatoms. The van der Waals surface area contributed by atoms with E-state index >= 15 is 0 Å². The molecule has 0 radical (unpaired) electrons. The molecule has 3 rings (SSSR count). The number of nitrogens with zero attached hydrogens (tertiary/aromatic N) is 4. The number of rotatable bonds is 1. The van der Waals surface area contributed by atoms with Crippen molar-refractivity contribution in [3.05, 3.63) is 57.0 Å². The quantitative estimate of drug-likeness (QED) is 0.720. The Morgan fingerprint density at radius 1 is 1.14 bits per heavy atom. The molecule has 0 amide bonds. The fourth-order valence-corrected chi connectivity index (χ4v) is 1.90. The van der Waals surface area contributed by atoms with Gasteiger partial charge in [-0.2, -0.15) is 18.3 Å². The van der Waals surface area contributed by atoms with Gasteiger partial charge in [0.15, 0.2) is 11.5 Å². The minimum atomic E-state index is -4.71. The van der Waals surface area contributed by atoms with Gasteiger partial charge in [0.2, 0.25) is 0 Å². The lowest BCUT2D eigenvalue weighted by Crippen LogP contribution is -2.31. The number of fused-ring (bicyclic) bond motifs is 1. The van der Waals surface area contributed by atoms with Crippen LogP contribution in [-0.4, -0.2) is 24.7 Å². The Morgan fingerprint density at radius 3 is 2.55 bits per heavy atom. The summed E-state index contributed by atoms with van der Waals surface area (Å²) in [6.07, 6.45) is -3.38. The maximum atomic E-state index is 12.8. The molecule has 1 N–H and O–H groups in total. The van der Waals surface area contributed by atoms with Crippen LogP contribution in [0.2, 0.25) is 0 Å². The van der Waals surface area contributed by atoms with Crippen LogP contribution < -0.4 is 11.2 Å². The third-order valence-electron chi connectivity index (χ3n) is 2.83. The summed E-state index contributed by atoms with van der Waals surface area (Å²) in [7, 11) is 0. The van der Waals surface area contributed by atoms with Crippen LogP contribution in [-0.2, 0) is 6.18 Å². The predicted molar refractivity (Wildman–Crippen MR) is 68.6 cm³/mol. The zero-order valence-corrected chi connectivity index (χ0v) is 10.6. The molecular formula is C12H6F3N5O2. The maximum Gasteiger partial charge on any atom is 0.433 e. The zero-order valence-electron chi connectivity index (χ0n) is 10.6. The number of hydrogen-bond donors (Lipinski definition) is 1. The molecule has 3 aromatic heterocycles. The van der Waals surface area contributed by atoms with Crippen LogP contribution in [0, 0.1) is 0 Å². The van der Waals surface area contributed by atoms with Gasteiger partial charge in [0.1, 0.15) is 5.69 Å². The molecule has 0 atom stereocenters. The van der Waals surface area contributed by atoms with E-state index in [9.17, 15) is 22.8 Å². The highest BCUT2D eigenvalue weighted by Gasteiger charge is 2.33. The SMILES string of the molecule is O=c1[nH]c(=O)n(-c2cccnn2)c2nc(C(F)(F)F)ccc12. The van der Waals surface area contributed by atoms with Crippen LogP contribution in [0.3, 0.4) is 0 Å². The first kappa shape index (κ1) is 13.9. The summed E-state index contributed by atoms with van der Waals surface area (Å²) in [6, 6.07) is 4.42. The Labute approximate surface area is 119 Å². The van der Waals surface area contributed by atoms with Crippen LogP contribution in [0.15, 0.2) is 40.1 Å². The molecule has 0 spiro atoms. The fourth-order valence-electron chi connectivity index (χ4n) is 1.90. The molecule has 0 aromatic carbocycles. The van der Waals surface area contributed by atoms with Gasteiger partial charge in [-0.3, -0.25) is 9.78 Å². The average molecular weight is 309 g/mol. The number of halogens is 3. The summed E-state index contributed by atoms with van der Waals surface area (Å²) >= 11 is 0. The highest BCUT2D eigenvalue weighted by molar-refractivity contribution is 5.75. The average Bonchev–Trinajstić information content (AvgIpc) is 2.47. The van der Waals surface area contributed by atoms with E-state index in [0.717, 1.165) is 10.6 Å². The highest BCUT2D eigenvalue weighted by Crippen LogP contribution is 2.28. The fraction of sp³-hybridized carbons (Fsp3) is 0.0833. The van der Waals surface area contributed by atoms with Crippen LogP contribution >= 0.6 is 0 Å². The minimum absolute atomic E-state index is 0.0550. The molecule has 112 valence electrons. The van der Waals surface area contributed by atoms with Gasteiger partial charge in [0.05, 0.1) is 5.39 Å². The van der Waals surface area contributed by atoms with Crippen molar-refractivity contribution >= 4 is 11.0 Å². The van der Waals surface area contributed by atoms with Crippen LogP contribution in [0.1, 0.15) is 5.69 Å². The third kappa shape index (κ3) is 2.24. The molecule has 22 heavy (non-hydrogen) atoms. The summed E-state index contributed by atoms with van der Waals surface area (Å²) in [5.41, 5.74) is -3.45. The van der Waals surface area contributed by atoms with Gasteiger partial charge in [-0.25, -0.2) is 14.3 Å². The van der Waals surface area contributed by atoms with Gasteiger partial charge in [0.25, 0.3) is 5.56 Å². The molecule has 0 saturated heterocycles. The smallest absolute Gasteiger partial charge is 0.273 e. The second-order valence-electron chi connectivity index (χ2n) is 4.24. The number of aromatic amines is 1. The summed E-state index contributed by atoms with van der Waals surface area (Å²) in [4.78, 5) is 29.0. The van der Waals surface area contributed by atoms with Gasteiger partial charge < -0.3 is 0 Å². The van der Waals surface area contributed by atoms with Gasteiger partial charge in [-0.1, -0.05) is 0 Å². The molecule has 0 saturated carbocycles. The first-order chi connectivity index (χ1) is 10.4. The zero-order chi connectivity index (χ0) is 15.9. The molecule has 0 aliphatic carbocycles. The molecule has 0 aliphatic heterocycles. The van der Waals surface area contributed by atoms with Crippen molar-refractivity contribution in [3.63, 3.8) is 0 Å². The van der Waals surface area contributed by atoms with Crippen molar-refractivity contribution in [1.29, 1.82) is 0 Å². The Hall–Kier alpha value is -3.04. The summed E-state index contributed by atoms with van der Waals surface area (Å²) < 4.78 is 39.1. The first-order valence-electron chi connectivity index (χ1n) is 5.89. The van der Waals surface area contributed by atoms with Crippen molar-refractivity contribution in [3.8, 4) is 5.82 Å². The summed E-state index contributed by atoms with van der Waals surface area (Å²) in [5, 5.41) is 7.03. The van der Waals surface area contributed by atoms with E-state index in [1.807, 2.05) is 4.98 Å². The molecular weight excluding hydrogens is 303 g/mol. The largest absolute Gasteiger partial charge is 0.433 e. The monoisotopic (exact) mass is 309 g/mol. The lowest BCUT2D eigenvalue weighted by Gasteiger charge is -2.10. The number of H-pyrrole nitrogens is 1. The van der Waals surface area contributed by atoms with E-state index < -0.39 is 28.8 Å². The second kappa shape index (κ2) is 4.76. The molecule has 0 bridgehead atoms. The molecule has 0 unspecified atom stereocenters. The molecule has 3 aromatic rings. The van der Waals surface area contributed by atoms with Gasteiger partial charge >= 0.3 is 11.9 Å². The van der Waals surface area contributed by atoms with Crippen molar-refractivity contribution in [2.24, 2.45) is 0 Å². The van der Waals surface area contributed by atoms with Crippen LogP contribution in [0.5, 0.6) is 0 Å². The summed E-state index contributed by atoms with van der Waals surface area (Å²) in [5.74, 6) is -0.0550. The van der Waals surface area contributed by atoms with Crippen molar-refractivity contribution in [2.45, 2.75) is 6.18 Å². The first-order valence-corrected chi connectivity index (χ1v) is 5.89. The normalized spacial score (nSPS) is 11.8. The third-order valence-corrected chi connectivity index (χ3v) is 2.83. The Morgan fingerprint density at radius 2 is 1.91 bits per heavy atom. The standard InChI is InChI=1S/C12H6F3N5O2/c13-12(14,15)7-4-3-6-9(17-7)20(11(22)18-10(6)21)8-2-1-5-16-19-8/h1-5H,(H,18,21,22). The van der Waals surface area contributed by atoms with Crippen LogP contribution in [0.4, 0.5) is 13.2 Å². The van der Waals surface area contributed by atoms with Crippen molar-refractivity contribution in [2.75, 3.05) is 0 Å². The number of hydrogen-bond acceptors (Lipinski definition) is 5. The lowest BCUT2D eigenvalue weighted by atomic mass is 10.2. The number of alkyl halides is 3. The van der Waals surface area contributed by atoms with E-state index in [1.165, 1.54) is 18.3 Å². The Bertz CT molecular complexity index is 962. The maximum absolute atomic E-state index is 12.8. The molecule has 0 fully saturated rings. The van der Waals surface area contributed by atoms with Gasteiger partial charge in [-0.05, 0) is 24.3 Å². The van der Waals surface area contributed by atoms with Gasteiger partial charge in [0, 0.05) is 6.20 Å². The number of pyridine rings is 1. The predicted octanol–water partition coefficient (Wildman–Crippen LogP) is 0.883. The van der Waals surface area contributed by atoms with E-state index in [4.69, 9.17) is 0 Å². The number of nitrogens with one attached hydrogen (secondary N) is 1. The molecule has 7 nitrogen and oxygen atoms in total. The van der Waals surface area contributed by atoms with Crippen molar-refractivity contribution < 1.29 is 13.2 Å². The van der Waals surface area contributed by atoms with E-state index in [2.05, 4.69) is 15.2 Å². The van der Waals surface area contributed by atoms with E-state index in [-0.39, 0.29) is 11.2 Å². The van der Waals surface area contributed by atoms with E-state index in [1.54, 1.807) is 0 Å². The van der Waals surface area contributed by atoms with Crippen LogP contribution in [0.25, 0.3) is 16.9 Å². The Balaban J connectivity index is 2.45. The summed E-state index contributed by atoms with van der Waals surface area (Å²) in [6.45, 7) is 0. The molecule has 0 aliphatic rings. The number of aromatic nitrogens is 5. The lowest BCUT2D eigenvalue weighted by molar-refractivity contribution is -0.141. The van der Waals surface area contributed by atoms with Gasteiger partial charge in [-0.15, -0.1) is 5.10 Å². The highest BCUT2D eigenvalue weighted by atomic mass is 19.4. The minimum Gasteiger partial charge on any atom is -0.273 e. The molecule has 3 heterocycles.